The van der Waals surface area contributed by atoms with Gasteiger partial charge in [0.1, 0.15) is 5.82 Å². The molecule has 0 saturated heterocycles. The van der Waals surface area contributed by atoms with Gasteiger partial charge in [0.2, 0.25) is 0 Å². The van der Waals surface area contributed by atoms with Gasteiger partial charge in [0.15, 0.2) is 0 Å². The zero-order valence-electron chi connectivity index (χ0n) is 8.27. The summed E-state index contributed by atoms with van der Waals surface area (Å²) >= 11 is 5.51. The van der Waals surface area contributed by atoms with Gasteiger partial charge in [0.25, 0.3) is 0 Å². The van der Waals surface area contributed by atoms with Crippen LogP contribution in [0.4, 0.5) is 4.39 Å². The van der Waals surface area contributed by atoms with E-state index in [1.54, 1.807) is 0 Å². The molecule has 1 aromatic carbocycles. The normalized spacial score (nSPS) is 8.57. The molecule has 0 bridgehead atoms. The summed E-state index contributed by atoms with van der Waals surface area (Å²) in [5.74, 6) is -0.475. The average Bonchev–Trinajstić information content (AvgIpc) is 2.24. The molecule has 0 unspecified atom stereocenters. The molecule has 0 heterocycles. The molecular weight excluding hydrogens is 201 g/mol. The van der Waals surface area contributed by atoms with Crippen molar-refractivity contribution in [1.82, 2.24) is 0 Å². The van der Waals surface area contributed by atoms with Crippen molar-refractivity contribution < 1.29 is 4.39 Å². The molecule has 0 radical (unpaired) electrons. The SMILES string of the molecule is C=CC(=N)c1ccc(F)c(Cl)c1.CC. The van der Waals surface area contributed by atoms with E-state index in [2.05, 4.69) is 6.58 Å². The minimum Gasteiger partial charge on any atom is -0.300 e. The number of halogens is 2. The molecule has 0 saturated carbocycles. The van der Waals surface area contributed by atoms with Crippen molar-refractivity contribution in [2.75, 3.05) is 0 Å². The lowest BCUT2D eigenvalue weighted by atomic mass is 10.1. The van der Waals surface area contributed by atoms with Crippen LogP contribution in [0.25, 0.3) is 0 Å². The molecule has 0 aliphatic carbocycles. The molecule has 0 amide bonds. The zero-order valence-corrected chi connectivity index (χ0v) is 9.03. The lowest BCUT2D eigenvalue weighted by Gasteiger charge is -1.99. The highest BCUT2D eigenvalue weighted by molar-refractivity contribution is 6.31. The van der Waals surface area contributed by atoms with Crippen molar-refractivity contribution in [2.24, 2.45) is 0 Å². The van der Waals surface area contributed by atoms with Crippen molar-refractivity contribution in [3.63, 3.8) is 0 Å². The lowest BCUT2D eigenvalue weighted by Crippen LogP contribution is -1.93. The van der Waals surface area contributed by atoms with Gasteiger partial charge in [-0.3, -0.25) is 0 Å². The van der Waals surface area contributed by atoms with Gasteiger partial charge < -0.3 is 5.41 Å². The molecule has 14 heavy (non-hydrogen) atoms. The van der Waals surface area contributed by atoms with Crippen LogP contribution in [-0.4, -0.2) is 5.71 Å². The monoisotopic (exact) mass is 213 g/mol. The van der Waals surface area contributed by atoms with Gasteiger partial charge in [0, 0.05) is 5.56 Å². The molecular formula is C11H13ClFN. The van der Waals surface area contributed by atoms with Crippen molar-refractivity contribution in [1.29, 1.82) is 5.41 Å². The van der Waals surface area contributed by atoms with Crippen LogP contribution in [0.15, 0.2) is 30.9 Å². The summed E-state index contributed by atoms with van der Waals surface area (Å²) in [6.07, 6.45) is 1.38. The Bertz CT molecular complexity index is 334. The quantitative estimate of drug-likeness (QED) is 0.717. The van der Waals surface area contributed by atoms with Gasteiger partial charge in [-0.1, -0.05) is 32.0 Å². The van der Waals surface area contributed by atoms with Gasteiger partial charge in [-0.2, -0.15) is 0 Å². The van der Waals surface area contributed by atoms with Crippen LogP contribution in [0.3, 0.4) is 0 Å². The fourth-order valence-electron chi connectivity index (χ4n) is 0.782. The van der Waals surface area contributed by atoms with Crippen molar-refractivity contribution in [3.05, 3.63) is 47.3 Å². The molecule has 1 rings (SSSR count). The molecule has 0 spiro atoms. The smallest absolute Gasteiger partial charge is 0.141 e. The number of hydrogen-bond acceptors (Lipinski definition) is 1. The van der Waals surface area contributed by atoms with E-state index in [4.69, 9.17) is 17.0 Å². The molecule has 0 aliphatic rings. The Kier molecular flexibility index (Phi) is 5.81. The van der Waals surface area contributed by atoms with E-state index >= 15 is 0 Å². The maximum absolute atomic E-state index is 12.6. The van der Waals surface area contributed by atoms with Crippen LogP contribution in [0, 0.1) is 11.2 Å². The summed E-state index contributed by atoms with van der Waals surface area (Å²) < 4.78 is 12.6. The number of hydrogen-bond donors (Lipinski definition) is 1. The number of benzene rings is 1. The van der Waals surface area contributed by atoms with Gasteiger partial charge in [0.05, 0.1) is 10.7 Å². The topological polar surface area (TPSA) is 23.9 Å². The van der Waals surface area contributed by atoms with E-state index in [1.807, 2.05) is 13.8 Å². The first-order chi connectivity index (χ1) is 6.65. The Morgan fingerprint density at radius 1 is 1.50 bits per heavy atom. The first-order valence-electron chi connectivity index (χ1n) is 4.31. The highest BCUT2D eigenvalue weighted by Crippen LogP contribution is 2.16. The minimum atomic E-state index is -0.475. The predicted octanol–water partition coefficient (Wildman–Crippen LogP) is 4.06. The predicted molar refractivity (Wildman–Crippen MR) is 59.8 cm³/mol. The Morgan fingerprint density at radius 3 is 2.50 bits per heavy atom. The molecule has 76 valence electrons. The Labute approximate surface area is 88.7 Å². The van der Waals surface area contributed by atoms with Crippen LogP contribution in [0.5, 0.6) is 0 Å². The van der Waals surface area contributed by atoms with Gasteiger partial charge in [-0.25, -0.2) is 4.39 Å². The van der Waals surface area contributed by atoms with Crippen LogP contribution in [-0.2, 0) is 0 Å². The number of allylic oxidation sites excluding steroid dienone is 1. The first kappa shape index (κ1) is 12.8. The molecule has 0 fully saturated rings. The average molecular weight is 214 g/mol. The fraction of sp³-hybridized carbons (Fsp3) is 0.182. The third-order valence-electron chi connectivity index (χ3n) is 1.43. The third kappa shape index (κ3) is 3.30. The van der Waals surface area contributed by atoms with E-state index in [9.17, 15) is 4.39 Å². The second kappa shape index (κ2) is 6.33. The summed E-state index contributed by atoms with van der Waals surface area (Å²) in [7, 11) is 0. The molecule has 1 nitrogen and oxygen atoms in total. The second-order valence-electron chi connectivity index (χ2n) is 2.25. The summed E-state index contributed by atoms with van der Waals surface area (Å²) in [6, 6.07) is 4.13. The maximum Gasteiger partial charge on any atom is 0.141 e. The van der Waals surface area contributed by atoms with Crippen molar-refractivity contribution in [3.8, 4) is 0 Å². The number of rotatable bonds is 2. The molecule has 3 heteroatoms. The van der Waals surface area contributed by atoms with E-state index in [-0.39, 0.29) is 10.7 Å². The van der Waals surface area contributed by atoms with Crippen LogP contribution in [0.2, 0.25) is 5.02 Å². The van der Waals surface area contributed by atoms with Crippen LogP contribution >= 0.6 is 11.6 Å². The van der Waals surface area contributed by atoms with Crippen molar-refractivity contribution >= 4 is 17.3 Å². The summed E-state index contributed by atoms with van der Waals surface area (Å²) in [6.45, 7) is 7.43. The fourth-order valence-corrected chi connectivity index (χ4v) is 0.962. The molecule has 1 aromatic rings. The Morgan fingerprint density at radius 2 is 2.07 bits per heavy atom. The largest absolute Gasteiger partial charge is 0.300 e. The second-order valence-corrected chi connectivity index (χ2v) is 2.65. The summed E-state index contributed by atoms with van der Waals surface area (Å²) in [4.78, 5) is 0. The summed E-state index contributed by atoms with van der Waals surface area (Å²) in [5.41, 5.74) is 0.799. The standard InChI is InChI=1S/C9H7ClFN.C2H6/c1-2-9(12)6-3-4-8(11)7(10)5-6;1-2/h2-5,12H,1H2;1-2H3. The highest BCUT2D eigenvalue weighted by Gasteiger charge is 2.02. The van der Waals surface area contributed by atoms with Crippen LogP contribution < -0.4 is 0 Å². The minimum absolute atomic E-state index is 0.0269. The van der Waals surface area contributed by atoms with Gasteiger partial charge in [-0.05, 0) is 24.3 Å². The van der Waals surface area contributed by atoms with Gasteiger partial charge in [-0.15, -0.1) is 0 Å². The Hall–Kier alpha value is -1.15. The summed E-state index contributed by atoms with van der Waals surface area (Å²) in [5, 5.41) is 7.37. The molecule has 0 aromatic heterocycles. The molecule has 0 aliphatic heterocycles. The highest BCUT2D eigenvalue weighted by atomic mass is 35.5. The molecule has 0 atom stereocenters. The maximum atomic E-state index is 12.6. The van der Waals surface area contributed by atoms with Crippen molar-refractivity contribution in [2.45, 2.75) is 13.8 Å². The van der Waals surface area contributed by atoms with Crippen LogP contribution in [0.1, 0.15) is 19.4 Å². The van der Waals surface area contributed by atoms with E-state index < -0.39 is 5.82 Å². The van der Waals surface area contributed by atoms with E-state index in [1.165, 1.54) is 24.3 Å². The number of nitrogens with one attached hydrogen (secondary N) is 1. The Balaban J connectivity index is 0.000000791. The van der Waals surface area contributed by atoms with E-state index in [0.717, 1.165) is 0 Å². The first-order valence-corrected chi connectivity index (χ1v) is 4.69. The third-order valence-corrected chi connectivity index (χ3v) is 1.72. The molecule has 1 N–H and O–H groups in total. The lowest BCUT2D eigenvalue weighted by molar-refractivity contribution is 0.628. The zero-order chi connectivity index (χ0) is 11.1. The van der Waals surface area contributed by atoms with E-state index in [0.29, 0.717) is 5.56 Å². The van der Waals surface area contributed by atoms with Gasteiger partial charge >= 0.3 is 0 Å².